The van der Waals surface area contributed by atoms with Gasteiger partial charge in [0.15, 0.2) is 0 Å². The van der Waals surface area contributed by atoms with Gasteiger partial charge < -0.3 is 10.6 Å². The maximum atomic E-state index is 12.6. The maximum absolute atomic E-state index is 12.6. The Balaban J connectivity index is 2.18. The molecule has 0 spiro atoms. The van der Waals surface area contributed by atoms with Crippen LogP contribution in [-0.4, -0.2) is 23.6 Å². The first-order valence-electron chi connectivity index (χ1n) is 5.79. The Labute approximate surface area is 103 Å². The zero-order chi connectivity index (χ0) is 13.3. The minimum atomic E-state index is -4.57. The third-order valence-electron chi connectivity index (χ3n) is 3.13. The summed E-state index contributed by atoms with van der Waals surface area (Å²) in [6, 6.07) is 1.37. The van der Waals surface area contributed by atoms with Crippen molar-refractivity contribution >= 4 is 11.6 Å². The van der Waals surface area contributed by atoms with Gasteiger partial charge in [-0.15, -0.1) is 0 Å². The van der Waals surface area contributed by atoms with Gasteiger partial charge in [-0.3, -0.25) is 0 Å². The van der Waals surface area contributed by atoms with Crippen molar-refractivity contribution in [2.45, 2.75) is 25.4 Å². The van der Waals surface area contributed by atoms with E-state index in [1.165, 1.54) is 12.5 Å². The van der Waals surface area contributed by atoms with Gasteiger partial charge in [-0.1, -0.05) is 6.42 Å². The Morgan fingerprint density at radius 3 is 2.56 bits per heavy atom. The van der Waals surface area contributed by atoms with Crippen molar-refractivity contribution < 1.29 is 13.2 Å². The predicted molar refractivity (Wildman–Crippen MR) is 62.1 cm³/mol. The van der Waals surface area contributed by atoms with E-state index in [0.29, 0.717) is 12.5 Å². The van der Waals surface area contributed by atoms with Crippen molar-refractivity contribution in [3.8, 4) is 0 Å². The second-order valence-corrected chi connectivity index (χ2v) is 4.65. The lowest BCUT2D eigenvalue weighted by Crippen LogP contribution is -2.30. The van der Waals surface area contributed by atoms with Gasteiger partial charge in [0.1, 0.15) is 11.6 Å². The first-order valence-corrected chi connectivity index (χ1v) is 5.79. The van der Waals surface area contributed by atoms with Gasteiger partial charge in [0.25, 0.3) is 0 Å². The zero-order valence-electron chi connectivity index (χ0n) is 10.0. The van der Waals surface area contributed by atoms with Crippen LogP contribution in [0.15, 0.2) is 6.07 Å². The van der Waals surface area contributed by atoms with E-state index in [9.17, 15) is 13.2 Å². The molecule has 1 heterocycles. The smallest absolute Gasteiger partial charge is 0.384 e. The van der Waals surface area contributed by atoms with E-state index >= 15 is 0 Å². The van der Waals surface area contributed by atoms with Gasteiger partial charge in [0.2, 0.25) is 5.82 Å². The van der Waals surface area contributed by atoms with E-state index in [4.69, 9.17) is 5.73 Å². The molecule has 1 aromatic heterocycles. The lowest BCUT2D eigenvalue weighted by Gasteiger charge is -2.30. The quantitative estimate of drug-likeness (QED) is 0.906. The standard InChI is InChI=1S/C11H15F3N4/c1-18(6-7-3-2-4-7)9-5-8(15)16-10(17-9)11(12,13)14/h5,7H,2-4,6H2,1H3,(H2,15,16,17). The van der Waals surface area contributed by atoms with Crippen molar-refractivity contribution in [3.05, 3.63) is 11.9 Å². The second-order valence-electron chi connectivity index (χ2n) is 4.65. The summed E-state index contributed by atoms with van der Waals surface area (Å²) in [5, 5.41) is 0. The SMILES string of the molecule is CN(CC1CCC1)c1cc(N)nc(C(F)(F)F)n1. The number of aromatic nitrogens is 2. The summed E-state index contributed by atoms with van der Waals surface area (Å²) < 4.78 is 37.7. The summed E-state index contributed by atoms with van der Waals surface area (Å²) in [4.78, 5) is 8.45. The molecule has 0 radical (unpaired) electrons. The molecular weight excluding hydrogens is 245 g/mol. The van der Waals surface area contributed by atoms with E-state index in [1.54, 1.807) is 11.9 Å². The van der Waals surface area contributed by atoms with Crippen LogP contribution >= 0.6 is 0 Å². The molecule has 0 saturated heterocycles. The number of anilines is 2. The number of hydrogen-bond donors (Lipinski definition) is 1. The number of rotatable bonds is 3. The summed E-state index contributed by atoms with van der Waals surface area (Å²) in [5.41, 5.74) is 5.39. The van der Waals surface area contributed by atoms with Gasteiger partial charge in [-0.25, -0.2) is 9.97 Å². The molecule has 1 aliphatic carbocycles. The topological polar surface area (TPSA) is 55.0 Å². The third kappa shape index (κ3) is 2.83. The van der Waals surface area contributed by atoms with Gasteiger partial charge in [-0.2, -0.15) is 13.2 Å². The fourth-order valence-electron chi connectivity index (χ4n) is 1.93. The van der Waals surface area contributed by atoms with Crippen molar-refractivity contribution in [1.29, 1.82) is 0 Å². The first kappa shape index (κ1) is 12.9. The highest BCUT2D eigenvalue weighted by Crippen LogP contribution is 2.30. The van der Waals surface area contributed by atoms with Gasteiger partial charge >= 0.3 is 6.18 Å². The normalized spacial score (nSPS) is 16.4. The molecule has 2 rings (SSSR count). The number of nitrogen functional groups attached to an aromatic ring is 1. The summed E-state index contributed by atoms with van der Waals surface area (Å²) in [7, 11) is 1.72. The molecule has 100 valence electrons. The van der Waals surface area contributed by atoms with E-state index in [2.05, 4.69) is 9.97 Å². The number of halogens is 3. The molecule has 18 heavy (non-hydrogen) atoms. The monoisotopic (exact) mass is 260 g/mol. The van der Waals surface area contributed by atoms with Gasteiger partial charge in [-0.05, 0) is 18.8 Å². The van der Waals surface area contributed by atoms with Crippen LogP contribution in [0.3, 0.4) is 0 Å². The van der Waals surface area contributed by atoms with E-state index < -0.39 is 12.0 Å². The van der Waals surface area contributed by atoms with Crippen molar-refractivity contribution in [2.75, 3.05) is 24.2 Å². The lowest BCUT2D eigenvalue weighted by molar-refractivity contribution is -0.144. The average Bonchev–Trinajstić information content (AvgIpc) is 2.21. The number of nitrogens with two attached hydrogens (primary N) is 1. The Hall–Kier alpha value is -1.53. The maximum Gasteiger partial charge on any atom is 0.451 e. The Morgan fingerprint density at radius 2 is 2.06 bits per heavy atom. The summed E-state index contributed by atoms with van der Waals surface area (Å²) in [5.74, 6) is -0.576. The summed E-state index contributed by atoms with van der Waals surface area (Å²) in [6.07, 6.45) is -1.13. The fraction of sp³-hybridized carbons (Fsp3) is 0.636. The van der Waals surface area contributed by atoms with Crippen LogP contribution in [-0.2, 0) is 6.18 Å². The molecule has 0 aliphatic heterocycles. The molecule has 1 aromatic rings. The van der Waals surface area contributed by atoms with Crippen LogP contribution in [0.1, 0.15) is 25.1 Å². The van der Waals surface area contributed by atoms with E-state index in [0.717, 1.165) is 12.8 Å². The van der Waals surface area contributed by atoms with Gasteiger partial charge in [0, 0.05) is 19.7 Å². The third-order valence-corrected chi connectivity index (χ3v) is 3.13. The summed E-state index contributed by atoms with van der Waals surface area (Å²) >= 11 is 0. The Bertz CT molecular complexity index is 429. The Kier molecular flexibility index (Phi) is 3.32. The molecular formula is C11H15F3N4. The van der Waals surface area contributed by atoms with E-state index in [1.807, 2.05) is 0 Å². The zero-order valence-corrected chi connectivity index (χ0v) is 10.0. The predicted octanol–water partition coefficient (Wildman–Crippen LogP) is 2.31. The molecule has 4 nitrogen and oxygen atoms in total. The van der Waals surface area contributed by atoms with Crippen molar-refractivity contribution in [1.82, 2.24) is 9.97 Å². The molecule has 1 fully saturated rings. The van der Waals surface area contributed by atoms with Crippen LogP contribution < -0.4 is 10.6 Å². The largest absolute Gasteiger partial charge is 0.451 e. The molecule has 0 aromatic carbocycles. The van der Waals surface area contributed by atoms with E-state index in [-0.39, 0.29) is 11.6 Å². The van der Waals surface area contributed by atoms with Crippen LogP contribution in [0.25, 0.3) is 0 Å². The molecule has 2 N–H and O–H groups in total. The average molecular weight is 260 g/mol. The number of alkyl halides is 3. The lowest BCUT2D eigenvalue weighted by atomic mass is 9.85. The van der Waals surface area contributed by atoms with Crippen molar-refractivity contribution in [3.63, 3.8) is 0 Å². The molecule has 0 bridgehead atoms. The minimum absolute atomic E-state index is 0.159. The minimum Gasteiger partial charge on any atom is -0.384 e. The Morgan fingerprint density at radius 1 is 1.39 bits per heavy atom. The molecule has 0 amide bonds. The van der Waals surface area contributed by atoms with Crippen LogP contribution in [0, 0.1) is 5.92 Å². The van der Waals surface area contributed by atoms with Crippen LogP contribution in [0.5, 0.6) is 0 Å². The molecule has 7 heteroatoms. The molecule has 0 unspecified atom stereocenters. The van der Waals surface area contributed by atoms with Crippen molar-refractivity contribution in [2.24, 2.45) is 5.92 Å². The summed E-state index contributed by atoms with van der Waals surface area (Å²) in [6.45, 7) is 0.702. The molecule has 1 aliphatic rings. The number of nitrogens with zero attached hydrogens (tertiary/aromatic N) is 3. The fourth-order valence-corrected chi connectivity index (χ4v) is 1.93. The van der Waals surface area contributed by atoms with Gasteiger partial charge in [0.05, 0.1) is 0 Å². The number of hydrogen-bond acceptors (Lipinski definition) is 4. The highest BCUT2D eigenvalue weighted by Gasteiger charge is 2.35. The highest BCUT2D eigenvalue weighted by molar-refractivity contribution is 5.46. The molecule has 1 saturated carbocycles. The first-order chi connectivity index (χ1) is 8.36. The highest BCUT2D eigenvalue weighted by atomic mass is 19.4. The second kappa shape index (κ2) is 4.62. The molecule has 0 atom stereocenters. The van der Waals surface area contributed by atoms with Crippen LogP contribution in [0.2, 0.25) is 0 Å². The van der Waals surface area contributed by atoms with Crippen LogP contribution in [0.4, 0.5) is 24.8 Å².